The summed E-state index contributed by atoms with van der Waals surface area (Å²) in [7, 11) is 0. The highest BCUT2D eigenvalue weighted by molar-refractivity contribution is 6.37. The summed E-state index contributed by atoms with van der Waals surface area (Å²) >= 11 is 6.05. The van der Waals surface area contributed by atoms with Gasteiger partial charge in [0.15, 0.2) is 11.2 Å². The second-order valence-electron chi connectivity index (χ2n) is 11.1. The van der Waals surface area contributed by atoms with Crippen molar-refractivity contribution in [2.24, 2.45) is 5.92 Å². The number of carbonyl (C=O) groups is 3. The van der Waals surface area contributed by atoms with Gasteiger partial charge in [0.05, 0.1) is 28.5 Å². The molecule has 236 valence electrons. The van der Waals surface area contributed by atoms with Crippen LogP contribution in [0, 0.1) is 12.8 Å². The van der Waals surface area contributed by atoms with Crippen molar-refractivity contribution < 1.29 is 33.4 Å². The molecule has 0 saturated carbocycles. The van der Waals surface area contributed by atoms with Crippen LogP contribution in [0.15, 0.2) is 88.0 Å². The molecule has 2 N–H and O–H groups in total. The van der Waals surface area contributed by atoms with E-state index in [9.17, 15) is 24.3 Å². The molecule has 0 bridgehead atoms. The molecular formula is C35H31ClN2O8. The SMILES string of the molecule is CCO[C@@H]1OC(C(=O)Nc2ccc(N3C(=O)c4ccc(Cl)cc4C3=O)c(C)c2)=C[C@H](c2coc3ccccc3c2=O)[C@@H]1CCCO. The molecule has 11 heteroatoms. The van der Waals surface area contributed by atoms with Crippen molar-refractivity contribution in [1.82, 2.24) is 0 Å². The Morgan fingerprint density at radius 3 is 2.59 bits per heavy atom. The van der Waals surface area contributed by atoms with Crippen molar-refractivity contribution in [2.45, 2.75) is 38.9 Å². The minimum atomic E-state index is -0.871. The first-order chi connectivity index (χ1) is 22.2. The molecule has 3 amide bonds. The summed E-state index contributed by atoms with van der Waals surface area (Å²) in [6, 6.07) is 16.3. The van der Waals surface area contributed by atoms with Gasteiger partial charge < -0.3 is 24.3 Å². The number of carbonyl (C=O) groups excluding carboxylic acids is 3. The standard InChI is InChI=1S/C35H31ClN2O8/c1-3-44-35-23(8-6-14-39)25(27-18-45-29-9-5-4-7-24(29)31(27)40)17-30(46-35)32(41)37-21-11-13-28(19(2)15-21)38-33(42)22-12-10-20(36)16-26(22)34(38)43/h4-5,7,9-13,15-18,23,25,35,39H,3,6,8,14H2,1-2H3,(H,37,41)/t23-,25-,35+/m0/s1. The van der Waals surface area contributed by atoms with E-state index in [1.165, 1.54) is 18.4 Å². The highest BCUT2D eigenvalue weighted by Crippen LogP contribution is 2.39. The fraction of sp³-hybridized carbons (Fsp3) is 0.257. The van der Waals surface area contributed by atoms with Crippen LogP contribution in [0.2, 0.25) is 5.02 Å². The Kier molecular flexibility index (Phi) is 8.77. The summed E-state index contributed by atoms with van der Waals surface area (Å²) in [5.74, 6) is -2.56. The van der Waals surface area contributed by atoms with Gasteiger partial charge in [0.25, 0.3) is 17.7 Å². The van der Waals surface area contributed by atoms with Gasteiger partial charge in [-0.25, -0.2) is 4.90 Å². The number of benzene rings is 3. The van der Waals surface area contributed by atoms with Crippen LogP contribution in [-0.2, 0) is 14.3 Å². The fourth-order valence-corrected chi connectivity index (χ4v) is 6.23. The average molecular weight is 643 g/mol. The third-order valence-corrected chi connectivity index (χ3v) is 8.48. The van der Waals surface area contributed by atoms with Gasteiger partial charge in [0.1, 0.15) is 5.58 Å². The lowest BCUT2D eigenvalue weighted by Gasteiger charge is -2.36. The Morgan fingerprint density at radius 2 is 1.83 bits per heavy atom. The lowest BCUT2D eigenvalue weighted by atomic mass is 9.81. The van der Waals surface area contributed by atoms with Crippen LogP contribution < -0.4 is 15.6 Å². The van der Waals surface area contributed by atoms with Crippen LogP contribution >= 0.6 is 11.6 Å². The molecule has 3 heterocycles. The Bertz CT molecular complexity index is 1950. The van der Waals surface area contributed by atoms with E-state index >= 15 is 0 Å². The van der Waals surface area contributed by atoms with Crippen molar-refractivity contribution >= 4 is 51.7 Å². The smallest absolute Gasteiger partial charge is 0.290 e. The Balaban J connectivity index is 1.30. The lowest BCUT2D eigenvalue weighted by molar-refractivity contribution is -0.165. The van der Waals surface area contributed by atoms with Crippen LogP contribution in [0.5, 0.6) is 0 Å². The topological polar surface area (TPSA) is 135 Å². The number of amides is 3. The van der Waals surface area contributed by atoms with Crippen molar-refractivity contribution in [3.63, 3.8) is 0 Å². The molecule has 3 atom stereocenters. The molecule has 0 aliphatic carbocycles. The number of allylic oxidation sites excluding steroid dienone is 1. The van der Waals surface area contributed by atoms with Gasteiger partial charge in [-0.05, 0) is 86.9 Å². The number of aryl methyl sites for hydroxylation is 1. The molecule has 0 radical (unpaired) electrons. The first-order valence-electron chi connectivity index (χ1n) is 14.9. The first-order valence-corrected chi connectivity index (χ1v) is 15.3. The summed E-state index contributed by atoms with van der Waals surface area (Å²) in [6.45, 7) is 3.76. The van der Waals surface area contributed by atoms with Crippen LogP contribution in [0.25, 0.3) is 11.0 Å². The zero-order valence-electron chi connectivity index (χ0n) is 25.1. The number of anilines is 2. The van der Waals surface area contributed by atoms with E-state index in [-0.39, 0.29) is 34.8 Å². The molecular weight excluding hydrogens is 612 g/mol. The van der Waals surface area contributed by atoms with Gasteiger partial charge in [0.2, 0.25) is 6.29 Å². The number of fused-ring (bicyclic) bond motifs is 2. The normalized spacial score (nSPS) is 19.2. The van der Waals surface area contributed by atoms with Crippen molar-refractivity contribution in [3.05, 3.63) is 116 Å². The molecule has 4 aromatic rings. The summed E-state index contributed by atoms with van der Waals surface area (Å²) in [4.78, 5) is 54.5. The summed E-state index contributed by atoms with van der Waals surface area (Å²) in [5.41, 5.74) is 2.41. The zero-order valence-corrected chi connectivity index (χ0v) is 25.9. The van der Waals surface area contributed by atoms with Gasteiger partial charge in [-0.2, -0.15) is 0 Å². The lowest BCUT2D eigenvalue weighted by Crippen LogP contribution is -2.38. The molecule has 46 heavy (non-hydrogen) atoms. The molecule has 3 aromatic carbocycles. The van der Waals surface area contributed by atoms with Crippen molar-refractivity contribution in [2.75, 3.05) is 23.4 Å². The molecule has 10 nitrogen and oxygen atoms in total. The molecule has 0 unspecified atom stereocenters. The molecule has 1 aromatic heterocycles. The number of hydrogen-bond acceptors (Lipinski definition) is 8. The largest absolute Gasteiger partial charge is 0.464 e. The van der Waals surface area contributed by atoms with Crippen LogP contribution in [-0.4, -0.2) is 42.3 Å². The van der Waals surface area contributed by atoms with Gasteiger partial charge in [-0.15, -0.1) is 0 Å². The molecule has 0 saturated heterocycles. The number of aliphatic hydroxyl groups excluding tert-OH is 1. The average Bonchev–Trinajstić information content (AvgIpc) is 3.29. The third-order valence-electron chi connectivity index (χ3n) is 8.25. The van der Waals surface area contributed by atoms with Crippen LogP contribution in [0.3, 0.4) is 0 Å². The number of rotatable bonds is 9. The zero-order chi connectivity index (χ0) is 32.5. The second-order valence-corrected chi connectivity index (χ2v) is 11.6. The molecule has 0 fully saturated rings. The first kappa shape index (κ1) is 31.2. The number of halogens is 1. The number of ether oxygens (including phenoxy) is 2. The molecule has 2 aliphatic rings. The summed E-state index contributed by atoms with van der Waals surface area (Å²) in [6.07, 6.45) is 3.04. The minimum absolute atomic E-state index is 0.0461. The monoisotopic (exact) mass is 642 g/mol. The maximum absolute atomic E-state index is 13.6. The van der Waals surface area contributed by atoms with Crippen molar-refractivity contribution in [1.29, 1.82) is 0 Å². The van der Waals surface area contributed by atoms with E-state index in [1.807, 2.05) is 0 Å². The third kappa shape index (κ3) is 5.71. The Morgan fingerprint density at radius 1 is 1.04 bits per heavy atom. The van der Waals surface area contributed by atoms with Gasteiger partial charge in [-0.3, -0.25) is 19.2 Å². The highest BCUT2D eigenvalue weighted by atomic mass is 35.5. The maximum Gasteiger partial charge on any atom is 0.290 e. The van der Waals surface area contributed by atoms with E-state index < -0.39 is 29.9 Å². The van der Waals surface area contributed by atoms with Gasteiger partial charge >= 0.3 is 0 Å². The highest BCUT2D eigenvalue weighted by Gasteiger charge is 2.40. The quantitative estimate of drug-likeness (QED) is 0.214. The number of para-hydroxylation sites is 1. The summed E-state index contributed by atoms with van der Waals surface area (Å²) in [5, 5.41) is 13.2. The Hall–Kier alpha value is -4.77. The Labute approximate surface area is 269 Å². The van der Waals surface area contributed by atoms with Crippen LogP contribution in [0.4, 0.5) is 11.4 Å². The van der Waals surface area contributed by atoms with E-state index in [4.69, 9.17) is 25.5 Å². The minimum Gasteiger partial charge on any atom is -0.464 e. The number of hydrogen-bond donors (Lipinski definition) is 2. The maximum atomic E-state index is 13.6. The molecule has 0 spiro atoms. The predicted molar refractivity (Wildman–Crippen MR) is 172 cm³/mol. The van der Waals surface area contributed by atoms with Crippen molar-refractivity contribution in [3.8, 4) is 0 Å². The van der Waals surface area contributed by atoms with Gasteiger partial charge in [0, 0.05) is 41.3 Å². The van der Waals surface area contributed by atoms with E-state index in [0.717, 1.165) is 4.90 Å². The van der Waals surface area contributed by atoms with E-state index in [0.29, 0.717) is 57.9 Å². The second kappa shape index (κ2) is 12.9. The van der Waals surface area contributed by atoms with E-state index in [1.54, 1.807) is 68.5 Å². The van der Waals surface area contributed by atoms with Crippen LogP contribution in [0.1, 0.15) is 57.5 Å². The fourth-order valence-electron chi connectivity index (χ4n) is 6.05. The molecule has 2 aliphatic heterocycles. The van der Waals surface area contributed by atoms with Gasteiger partial charge in [-0.1, -0.05) is 23.7 Å². The van der Waals surface area contributed by atoms with E-state index in [2.05, 4.69) is 5.32 Å². The number of nitrogens with one attached hydrogen (secondary N) is 1. The number of nitrogens with zero attached hydrogens (tertiary/aromatic N) is 1. The molecule has 6 rings (SSSR count). The number of aliphatic hydroxyl groups is 1. The predicted octanol–water partition coefficient (Wildman–Crippen LogP) is 5.94. The number of imide groups is 1. The summed E-state index contributed by atoms with van der Waals surface area (Å²) < 4.78 is 17.8.